The fourth-order valence-electron chi connectivity index (χ4n) is 2.57. The molecule has 0 amide bonds. The molecule has 0 aliphatic rings. The number of benzene rings is 2. The summed E-state index contributed by atoms with van der Waals surface area (Å²) in [4.78, 5) is 17.9. The minimum atomic E-state index is -0.291. The van der Waals surface area contributed by atoms with Gasteiger partial charge in [-0.1, -0.05) is 48.5 Å². The molecule has 0 fully saturated rings. The highest BCUT2D eigenvalue weighted by molar-refractivity contribution is 7.12. The summed E-state index contributed by atoms with van der Waals surface area (Å²) in [6.07, 6.45) is 0. The second kappa shape index (κ2) is 7.51. The van der Waals surface area contributed by atoms with Gasteiger partial charge in [0.25, 0.3) is 5.91 Å². The van der Waals surface area contributed by atoms with Crippen molar-refractivity contribution < 1.29 is 9.18 Å². The molecule has 134 valence electrons. The van der Waals surface area contributed by atoms with Gasteiger partial charge in [-0.2, -0.15) is 9.67 Å². The minimum Gasteiger partial charge on any atom is -0.350 e. The molecule has 2 aromatic carbocycles. The molecular weight excluding hydrogens is 363 g/mol. The van der Waals surface area contributed by atoms with Crippen LogP contribution in [0.2, 0.25) is 0 Å². The zero-order chi connectivity index (χ0) is 18.6. The Morgan fingerprint density at radius 2 is 1.81 bits per heavy atom. The molecule has 0 aliphatic carbocycles. The van der Waals surface area contributed by atoms with Crippen molar-refractivity contribution in [2.75, 3.05) is 5.32 Å². The van der Waals surface area contributed by atoms with Gasteiger partial charge in [-0.15, -0.1) is 16.4 Å². The Hall–Kier alpha value is -3.32. The normalized spacial score (nSPS) is 10.7. The number of carbonyl (C=O) groups is 1. The summed E-state index contributed by atoms with van der Waals surface area (Å²) in [6.45, 7) is 0.394. The van der Waals surface area contributed by atoms with Gasteiger partial charge in [0, 0.05) is 12.1 Å². The SMILES string of the molecule is O=C(c1cccs1)n1nc(-c2ccccc2)nc1NCc1ccc(F)cc1. The summed E-state index contributed by atoms with van der Waals surface area (Å²) in [6, 6.07) is 19.2. The number of rotatable bonds is 5. The molecule has 5 nitrogen and oxygen atoms in total. The summed E-state index contributed by atoms with van der Waals surface area (Å²) in [7, 11) is 0. The second-order valence-corrected chi connectivity index (χ2v) is 6.75. The monoisotopic (exact) mass is 378 g/mol. The first kappa shape index (κ1) is 17.1. The topological polar surface area (TPSA) is 59.8 Å². The smallest absolute Gasteiger partial charge is 0.291 e. The van der Waals surface area contributed by atoms with Gasteiger partial charge >= 0.3 is 0 Å². The zero-order valence-electron chi connectivity index (χ0n) is 14.2. The lowest BCUT2D eigenvalue weighted by Crippen LogP contribution is -2.16. The van der Waals surface area contributed by atoms with Gasteiger partial charge < -0.3 is 5.32 Å². The van der Waals surface area contributed by atoms with Crippen molar-refractivity contribution in [2.24, 2.45) is 0 Å². The van der Waals surface area contributed by atoms with Gasteiger partial charge in [0.1, 0.15) is 5.82 Å². The van der Waals surface area contributed by atoms with Crippen LogP contribution in [0.4, 0.5) is 10.3 Å². The van der Waals surface area contributed by atoms with Crippen LogP contribution in [-0.4, -0.2) is 20.7 Å². The van der Waals surface area contributed by atoms with E-state index in [1.165, 1.54) is 28.2 Å². The zero-order valence-corrected chi connectivity index (χ0v) is 15.0. The predicted octanol–water partition coefficient (Wildman–Crippen LogP) is 4.45. The van der Waals surface area contributed by atoms with Crippen LogP contribution in [0.15, 0.2) is 72.1 Å². The van der Waals surface area contributed by atoms with Crippen molar-refractivity contribution in [3.63, 3.8) is 0 Å². The lowest BCUT2D eigenvalue weighted by Gasteiger charge is -2.06. The molecular formula is C20H15FN4OS. The van der Waals surface area contributed by atoms with Crippen molar-refractivity contribution in [1.29, 1.82) is 0 Å². The van der Waals surface area contributed by atoms with Crippen LogP contribution < -0.4 is 5.32 Å². The molecule has 0 spiro atoms. The number of thiophene rings is 1. The molecule has 0 atom stereocenters. The third kappa shape index (κ3) is 3.78. The summed E-state index contributed by atoms with van der Waals surface area (Å²) >= 11 is 1.35. The van der Waals surface area contributed by atoms with Gasteiger partial charge in [0.2, 0.25) is 5.95 Å². The standard InChI is InChI=1S/C20H15FN4OS/c21-16-10-8-14(9-11-16)13-22-20-23-18(15-5-2-1-3-6-15)24-25(20)19(26)17-7-4-12-27-17/h1-12H,13H2,(H,22,23,24). The minimum absolute atomic E-state index is 0.249. The Kier molecular flexibility index (Phi) is 4.76. The van der Waals surface area contributed by atoms with E-state index in [4.69, 9.17) is 0 Å². The molecule has 27 heavy (non-hydrogen) atoms. The Bertz CT molecular complexity index is 1040. The summed E-state index contributed by atoms with van der Waals surface area (Å²) in [5.74, 6) is 0.265. The first-order valence-corrected chi connectivity index (χ1v) is 9.18. The molecule has 0 saturated carbocycles. The lowest BCUT2D eigenvalue weighted by atomic mass is 10.2. The maximum Gasteiger partial charge on any atom is 0.291 e. The van der Waals surface area contributed by atoms with Gasteiger partial charge in [-0.25, -0.2) is 4.39 Å². The van der Waals surface area contributed by atoms with Crippen LogP contribution in [0.25, 0.3) is 11.4 Å². The van der Waals surface area contributed by atoms with E-state index < -0.39 is 0 Å². The third-order valence-electron chi connectivity index (χ3n) is 3.93. The van der Waals surface area contributed by atoms with E-state index in [1.54, 1.807) is 18.2 Å². The van der Waals surface area contributed by atoms with E-state index in [1.807, 2.05) is 41.8 Å². The van der Waals surface area contributed by atoms with E-state index in [0.717, 1.165) is 11.1 Å². The van der Waals surface area contributed by atoms with Crippen molar-refractivity contribution >= 4 is 23.2 Å². The number of carbonyl (C=O) groups excluding carboxylic acids is 1. The molecule has 0 radical (unpaired) electrons. The van der Waals surface area contributed by atoms with Gasteiger partial charge in [0.05, 0.1) is 4.88 Å². The summed E-state index contributed by atoms with van der Waals surface area (Å²) in [5.41, 5.74) is 1.69. The number of nitrogens with one attached hydrogen (secondary N) is 1. The fraction of sp³-hybridized carbons (Fsp3) is 0.0500. The van der Waals surface area contributed by atoms with Crippen LogP contribution in [0.3, 0.4) is 0 Å². The predicted molar refractivity (Wildman–Crippen MR) is 103 cm³/mol. The molecule has 1 N–H and O–H groups in total. The highest BCUT2D eigenvalue weighted by Crippen LogP contribution is 2.20. The molecule has 2 heterocycles. The number of hydrogen-bond donors (Lipinski definition) is 1. The molecule has 0 aliphatic heterocycles. The van der Waals surface area contributed by atoms with E-state index in [2.05, 4.69) is 15.4 Å². The molecule has 4 aromatic rings. The van der Waals surface area contributed by atoms with Crippen LogP contribution in [-0.2, 0) is 6.54 Å². The van der Waals surface area contributed by atoms with Gasteiger partial charge in [-0.05, 0) is 29.1 Å². The third-order valence-corrected chi connectivity index (χ3v) is 4.79. The van der Waals surface area contributed by atoms with Crippen molar-refractivity contribution in [1.82, 2.24) is 14.8 Å². The molecule has 0 unspecified atom stereocenters. The number of halogens is 1. The number of nitrogens with zero attached hydrogens (tertiary/aromatic N) is 3. The highest BCUT2D eigenvalue weighted by atomic mass is 32.1. The van der Waals surface area contributed by atoms with Crippen LogP contribution in [0, 0.1) is 5.82 Å². The van der Waals surface area contributed by atoms with E-state index >= 15 is 0 Å². The average molecular weight is 378 g/mol. The second-order valence-electron chi connectivity index (χ2n) is 5.80. The van der Waals surface area contributed by atoms with Crippen molar-refractivity contribution in [3.8, 4) is 11.4 Å². The first-order chi connectivity index (χ1) is 13.2. The van der Waals surface area contributed by atoms with Crippen molar-refractivity contribution in [2.45, 2.75) is 6.54 Å². The van der Waals surface area contributed by atoms with Crippen LogP contribution in [0.5, 0.6) is 0 Å². The molecule has 7 heteroatoms. The summed E-state index contributed by atoms with van der Waals surface area (Å²) in [5, 5.41) is 9.38. The Morgan fingerprint density at radius 1 is 1.04 bits per heavy atom. The number of aromatic nitrogens is 3. The van der Waals surface area contributed by atoms with E-state index in [-0.39, 0.29) is 11.7 Å². The van der Waals surface area contributed by atoms with Crippen molar-refractivity contribution in [3.05, 3.63) is 88.4 Å². The number of hydrogen-bond acceptors (Lipinski definition) is 5. The maximum absolute atomic E-state index is 13.1. The van der Waals surface area contributed by atoms with E-state index in [9.17, 15) is 9.18 Å². The number of anilines is 1. The van der Waals surface area contributed by atoms with Crippen LogP contribution in [0.1, 0.15) is 15.2 Å². The Morgan fingerprint density at radius 3 is 2.52 bits per heavy atom. The fourth-order valence-corrected chi connectivity index (χ4v) is 3.21. The van der Waals surface area contributed by atoms with E-state index in [0.29, 0.717) is 23.2 Å². The van der Waals surface area contributed by atoms with Crippen LogP contribution >= 0.6 is 11.3 Å². The summed E-state index contributed by atoms with van der Waals surface area (Å²) < 4.78 is 14.4. The first-order valence-electron chi connectivity index (χ1n) is 8.30. The maximum atomic E-state index is 13.1. The van der Waals surface area contributed by atoms with Gasteiger partial charge in [0.15, 0.2) is 5.82 Å². The Labute approximate surface area is 159 Å². The highest BCUT2D eigenvalue weighted by Gasteiger charge is 2.19. The van der Waals surface area contributed by atoms with Gasteiger partial charge in [-0.3, -0.25) is 4.79 Å². The Balaban J connectivity index is 1.66. The molecule has 4 rings (SSSR count). The molecule has 0 bridgehead atoms. The largest absolute Gasteiger partial charge is 0.350 e. The molecule has 0 saturated heterocycles. The lowest BCUT2D eigenvalue weighted by molar-refractivity contribution is 0.0951. The average Bonchev–Trinajstić information content (AvgIpc) is 3.38. The molecule has 2 aromatic heterocycles. The quantitative estimate of drug-likeness (QED) is 0.558.